The Labute approximate surface area is 122 Å². The largest absolute Gasteiger partial charge is 0.392 e. The summed E-state index contributed by atoms with van der Waals surface area (Å²) in [5.41, 5.74) is 1.41. The summed E-state index contributed by atoms with van der Waals surface area (Å²) in [5.74, 6) is 0.584. The van der Waals surface area contributed by atoms with Crippen LogP contribution in [0.1, 0.15) is 31.2 Å². The molecule has 1 atom stereocenters. The zero-order chi connectivity index (χ0) is 13.8. The average Bonchev–Trinajstić information content (AvgIpc) is 3.32. The monoisotopic (exact) mass is 274 g/mol. The van der Waals surface area contributed by atoms with E-state index in [0.717, 1.165) is 26.2 Å². The Kier molecular flexibility index (Phi) is 4.71. The lowest BCUT2D eigenvalue weighted by Crippen LogP contribution is -2.44. The van der Waals surface area contributed by atoms with Gasteiger partial charge in [0.25, 0.3) is 0 Å². The third-order valence-electron chi connectivity index (χ3n) is 4.62. The number of hydrogen-bond acceptors (Lipinski definition) is 3. The van der Waals surface area contributed by atoms with Crippen molar-refractivity contribution in [3.05, 3.63) is 35.9 Å². The van der Waals surface area contributed by atoms with Gasteiger partial charge in [-0.25, -0.2) is 0 Å². The Balaban J connectivity index is 1.36. The summed E-state index contributed by atoms with van der Waals surface area (Å²) in [5, 5.41) is 13.4. The summed E-state index contributed by atoms with van der Waals surface area (Å²) in [7, 11) is 0. The van der Waals surface area contributed by atoms with Crippen molar-refractivity contribution in [3.63, 3.8) is 0 Å². The summed E-state index contributed by atoms with van der Waals surface area (Å²) < 4.78 is 0. The van der Waals surface area contributed by atoms with Gasteiger partial charge in [-0.3, -0.25) is 4.90 Å². The SMILES string of the molecule is OC(CNC1CCN(Cc2ccccc2)CC1)C1CC1. The van der Waals surface area contributed by atoms with Gasteiger partial charge in [0.2, 0.25) is 0 Å². The molecule has 1 saturated heterocycles. The highest BCUT2D eigenvalue weighted by Gasteiger charge is 2.30. The first kappa shape index (κ1) is 14.1. The maximum absolute atomic E-state index is 9.89. The summed E-state index contributed by atoms with van der Waals surface area (Å²) in [6.45, 7) is 4.17. The molecule has 0 bridgehead atoms. The van der Waals surface area contributed by atoms with Crippen molar-refractivity contribution in [1.82, 2.24) is 10.2 Å². The van der Waals surface area contributed by atoms with Crippen LogP contribution in [0.5, 0.6) is 0 Å². The van der Waals surface area contributed by atoms with E-state index in [2.05, 4.69) is 40.5 Å². The van der Waals surface area contributed by atoms with Crippen LogP contribution >= 0.6 is 0 Å². The van der Waals surface area contributed by atoms with Gasteiger partial charge in [-0.2, -0.15) is 0 Å². The Morgan fingerprint density at radius 1 is 1.10 bits per heavy atom. The topological polar surface area (TPSA) is 35.5 Å². The number of nitrogens with one attached hydrogen (secondary N) is 1. The third-order valence-corrected chi connectivity index (χ3v) is 4.62. The molecule has 20 heavy (non-hydrogen) atoms. The second-order valence-electron chi connectivity index (χ2n) is 6.35. The maximum atomic E-state index is 9.89. The average molecular weight is 274 g/mol. The van der Waals surface area contributed by atoms with Crippen LogP contribution in [-0.4, -0.2) is 41.8 Å². The van der Waals surface area contributed by atoms with E-state index in [4.69, 9.17) is 0 Å². The van der Waals surface area contributed by atoms with E-state index in [1.807, 2.05) is 0 Å². The minimum Gasteiger partial charge on any atom is -0.392 e. The number of nitrogens with zero attached hydrogens (tertiary/aromatic N) is 1. The van der Waals surface area contributed by atoms with E-state index in [-0.39, 0.29) is 6.10 Å². The molecule has 2 aliphatic rings. The van der Waals surface area contributed by atoms with Crippen molar-refractivity contribution in [2.24, 2.45) is 5.92 Å². The fourth-order valence-corrected chi connectivity index (χ4v) is 3.07. The predicted molar refractivity (Wildman–Crippen MR) is 81.5 cm³/mol. The number of likely N-dealkylation sites (tertiary alicyclic amines) is 1. The molecule has 1 unspecified atom stereocenters. The van der Waals surface area contributed by atoms with Gasteiger partial charge in [-0.1, -0.05) is 30.3 Å². The number of rotatable bonds is 6. The highest BCUT2D eigenvalue weighted by molar-refractivity contribution is 5.14. The second-order valence-corrected chi connectivity index (χ2v) is 6.35. The Morgan fingerprint density at radius 2 is 1.80 bits per heavy atom. The molecular formula is C17H26N2O. The van der Waals surface area contributed by atoms with Crippen molar-refractivity contribution >= 4 is 0 Å². The first-order chi connectivity index (χ1) is 9.81. The van der Waals surface area contributed by atoms with Gasteiger partial charge >= 0.3 is 0 Å². The van der Waals surface area contributed by atoms with Crippen LogP contribution in [-0.2, 0) is 6.54 Å². The molecule has 0 amide bonds. The molecule has 1 aromatic carbocycles. The zero-order valence-electron chi connectivity index (χ0n) is 12.2. The third kappa shape index (κ3) is 4.05. The molecule has 1 saturated carbocycles. The van der Waals surface area contributed by atoms with Gasteiger partial charge in [0, 0.05) is 19.1 Å². The maximum Gasteiger partial charge on any atom is 0.0692 e. The highest BCUT2D eigenvalue weighted by Crippen LogP contribution is 2.32. The Bertz CT molecular complexity index is 397. The van der Waals surface area contributed by atoms with Gasteiger partial charge in [-0.05, 0) is 50.3 Å². The van der Waals surface area contributed by atoms with Crippen LogP contribution in [0.25, 0.3) is 0 Å². The molecule has 3 nitrogen and oxygen atoms in total. The van der Waals surface area contributed by atoms with E-state index in [1.54, 1.807) is 0 Å². The van der Waals surface area contributed by atoms with Crippen LogP contribution in [0.3, 0.4) is 0 Å². The van der Waals surface area contributed by atoms with Crippen molar-refractivity contribution < 1.29 is 5.11 Å². The molecule has 0 radical (unpaired) electrons. The summed E-state index contributed by atoms with van der Waals surface area (Å²) >= 11 is 0. The molecule has 3 rings (SSSR count). The molecule has 2 N–H and O–H groups in total. The molecule has 0 spiro atoms. The fraction of sp³-hybridized carbons (Fsp3) is 0.647. The molecule has 2 fully saturated rings. The fourth-order valence-electron chi connectivity index (χ4n) is 3.07. The van der Waals surface area contributed by atoms with Gasteiger partial charge in [0.05, 0.1) is 6.10 Å². The molecule has 1 heterocycles. The van der Waals surface area contributed by atoms with Crippen molar-refractivity contribution in [2.45, 2.75) is 44.4 Å². The molecule has 0 aromatic heterocycles. The van der Waals surface area contributed by atoms with Gasteiger partial charge < -0.3 is 10.4 Å². The number of hydrogen-bond donors (Lipinski definition) is 2. The lowest BCUT2D eigenvalue weighted by atomic mass is 10.0. The van der Waals surface area contributed by atoms with E-state index >= 15 is 0 Å². The first-order valence-corrected chi connectivity index (χ1v) is 7.99. The normalized spacial score (nSPS) is 22.9. The van der Waals surface area contributed by atoms with Crippen LogP contribution in [0.15, 0.2) is 30.3 Å². The Hall–Kier alpha value is -0.900. The molecular weight excluding hydrogens is 248 g/mol. The van der Waals surface area contributed by atoms with Crippen LogP contribution in [0.2, 0.25) is 0 Å². The van der Waals surface area contributed by atoms with Crippen molar-refractivity contribution in [1.29, 1.82) is 0 Å². The van der Waals surface area contributed by atoms with E-state index in [1.165, 1.54) is 31.2 Å². The second kappa shape index (κ2) is 6.70. The van der Waals surface area contributed by atoms with Crippen LogP contribution in [0, 0.1) is 5.92 Å². The molecule has 110 valence electrons. The van der Waals surface area contributed by atoms with E-state index in [0.29, 0.717) is 12.0 Å². The predicted octanol–water partition coefficient (Wildman–Crippen LogP) is 2.01. The zero-order valence-corrected chi connectivity index (χ0v) is 12.2. The van der Waals surface area contributed by atoms with Crippen LogP contribution < -0.4 is 5.32 Å². The smallest absolute Gasteiger partial charge is 0.0692 e. The number of aliphatic hydroxyl groups is 1. The van der Waals surface area contributed by atoms with Crippen LogP contribution in [0.4, 0.5) is 0 Å². The lowest BCUT2D eigenvalue weighted by Gasteiger charge is -2.33. The quantitative estimate of drug-likeness (QED) is 0.833. The minimum absolute atomic E-state index is 0.114. The molecule has 1 aliphatic heterocycles. The van der Waals surface area contributed by atoms with Gasteiger partial charge in [0.15, 0.2) is 0 Å². The number of piperidine rings is 1. The van der Waals surface area contributed by atoms with Crippen molar-refractivity contribution in [2.75, 3.05) is 19.6 Å². The Morgan fingerprint density at radius 3 is 2.45 bits per heavy atom. The standard InChI is InChI=1S/C17H26N2O/c20-17(15-6-7-15)12-18-16-8-10-19(11-9-16)13-14-4-2-1-3-5-14/h1-5,15-18,20H,6-13H2. The molecule has 1 aliphatic carbocycles. The summed E-state index contributed by atoms with van der Waals surface area (Å²) in [6, 6.07) is 11.3. The molecule has 3 heteroatoms. The van der Waals surface area contributed by atoms with Gasteiger partial charge in [0.1, 0.15) is 0 Å². The summed E-state index contributed by atoms with van der Waals surface area (Å²) in [6.07, 6.45) is 4.72. The van der Waals surface area contributed by atoms with Crippen molar-refractivity contribution in [3.8, 4) is 0 Å². The highest BCUT2D eigenvalue weighted by atomic mass is 16.3. The molecule has 1 aromatic rings. The van der Waals surface area contributed by atoms with Gasteiger partial charge in [-0.15, -0.1) is 0 Å². The minimum atomic E-state index is -0.114. The first-order valence-electron chi connectivity index (χ1n) is 7.99. The lowest BCUT2D eigenvalue weighted by molar-refractivity contribution is 0.132. The number of aliphatic hydroxyl groups excluding tert-OH is 1. The van der Waals surface area contributed by atoms with E-state index < -0.39 is 0 Å². The van der Waals surface area contributed by atoms with E-state index in [9.17, 15) is 5.11 Å². The number of benzene rings is 1. The summed E-state index contributed by atoms with van der Waals surface area (Å²) in [4.78, 5) is 2.53.